The molecule has 13 heavy (non-hydrogen) atoms. The van der Waals surface area contributed by atoms with Gasteiger partial charge in [-0.3, -0.25) is 0 Å². The Labute approximate surface area is 80.6 Å². The van der Waals surface area contributed by atoms with E-state index in [1.807, 2.05) is 20.9 Å². The first kappa shape index (κ1) is 10.9. The molecule has 1 aliphatic heterocycles. The number of nitrogens with zero attached hydrogens (tertiary/aromatic N) is 2. The summed E-state index contributed by atoms with van der Waals surface area (Å²) in [6.07, 6.45) is 1.28. The van der Waals surface area contributed by atoms with Gasteiger partial charge in [0, 0.05) is 25.2 Å². The maximum Gasteiger partial charge on any atom is 0.211 e. The molecule has 78 valence electrons. The number of likely N-dealkylation sites (N-methyl/N-ethyl adjacent to an activating group) is 1. The summed E-state index contributed by atoms with van der Waals surface area (Å²) < 4.78 is 24.4. The fourth-order valence-electron chi connectivity index (χ4n) is 2.23. The first-order valence-electron chi connectivity index (χ1n) is 4.49. The summed E-state index contributed by atoms with van der Waals surface area (Å²) in [5.74, 6) is 0. The minimum atomic E-state index is -3.04. The Balaban J connectivity index is 2.85. The quantitative estimate of drug-likeness (QED) is 0.605. The Morgan fingerprint density at radius 1 is 1.15 bits per heavy atom. The molecule has 0 amide bonds. The minimum absolute atomic E-state index is 0.0868. The van der Waals surface area contributed by atoms with E-state index in [0.717, 1.165) is 13.1 Å². The van der Waals surface area contributed by atoms with Crippen molar-refractivity contribution in [3.05, 3.63) is 0 Å². The van der Waals surface area contributed by atoms with Crippen LogP contribution in [0.5, 0.6) is 0 Å². The number of hydrogen-bond donors (Lipinski definition) is 0. The SMILES string of the molecule is C[C@@H]1CN(C)C[C@H](C)N1S(C)(=O)=O. The Morgan fingerprint density at radius 2 is 1.54 bits per heavy atom. The summed E-state index contributed by atoms with van der Waals surface area (Å²) in [5.41, 5.74) is 0. The molecule has 0 bridgehead atoms. The van der Waals surface area contributed by atoms with E-state index < -0.39 is 10.0 Å². The summed E-state index contributed by atoms with van der Waals surface area (Å²) in [7, 11) is -1.02. The third kappa shape index (κ3) is 2.42. The zero-order valence-corrected chi connectivity index (χ0v) is 9.50. The van der Waals surface area contributed by atoms with Gasteiger partial charge in [-0.25, -0.2) is 8.42 Å². The van der Waals surface area contributed by atoms with Gasteiger partial charge in [-0.05, 0) is 20.9 Å². The zero-order chi connectivity index (χ0) is 10.2. The van der Waals surface area contributed by atoms with Gasteiger partial charge in [-0.2, -0.15) is 4.31 Å². The first-order chi connectivity index (χ1) is 5.82. The maximum absolute atomic E-state index is 11.4. The van der Waals surface area contributed by atoms with Crippen LogP contribution >= 0.6 is 0 Å². The van der Waals surface area contributed by atoms with Crippen molar-refractivity contribution < 1.29 is 8.42 Å². The van der Waals surface area contributed by atoms with Gasteiger partial charge < -0.3 is 4.90 Å². The van der Waals surface area contributed by atoms with Crippen molar-refractivity contribution in [1.29, 1.82) is 0 Å². The standard InChI is InChI=1S/C8H18N2O2S/c1-7-5-9(3)6-8(2)10(7)13(4,11)12/h7-8H,5-6H2,1-4H3/t7-,8+. The molecule has 1 rings (SSSR count). The van der Waals surface area contributed by atoms with Crippen LogP contribution in [-0.4, -0.2) is 56.1 Å². The van der Waals surface area contributed by atoms with Crippen molar-refractivity contribution in [2.45, 2.75) is 25.9 Å². The highest BCUT2D eigenvalue weighted by molar-refractivity contribution is 7.88. The highest BCUT2D eigenvalue weighted by Crippen LogP contribution is 2.17. The normalized spacial score (nSPS) is 33.5. The van der Waals surface area contributed by atoms with Gasteiger partial charge >= 0.3 is 0 Å². The van der Waals surface area contributed by atoms with E-state index in [-0.39, 0.29) is 12.1 Å². The molecule has 0 aromatic rings. The Morgan fingerprint density at radius 3 is 1.85 bits per heavy atom. The predicted molar refractivity (Wildman–Crippen MR) is 53.1 cm³/mol. The van der Waals surface area contributed by atoms with Crippen molar-refractivity contribution in [3.63, 3.8) is 0 Å². The van der Waals surface area contributed by atoms with Crippen molar-refractivity contribution >= 4 is 10.0 Å². The van der Waals surface area contributed by atoms with Crippen molar-refractivity contribution in [2.75, 3.05) is 26.4 Å². The number of piperazine rings is 1. The average molecular weight is 206 g/mol. The van der Waals surface area contributed by atoms with Gasteiger partial charge in [-0.1, -0.05) is 0 Å². The Kier molecular flexibility index (Phi) is 2.99. The minimum Gasteiger partial charge on any atom is -0.303 e. The van der Waals surface area contributed by atoms with Crippen molar-refractivity contribution in [3.8, 4) is 0 Å². The van der Waals surface area contributed by atoms with Gasteiger partial charge in [0.2, 0.25) is 10.0 Å². The first-order valence-corrected chi connectivity index (χ1v) is 6.34. The van der Waals surface area contributed by atoms with Crippen LogP contribution in [0.4, 0.5) is 0 Å². The van der Waals surface area contributed by atoms with Gasteiger partial charge in [-0.15, -0.1) is 0 Å². The summed E-state index contributed by atoms with van der Waals surface area (Å²) in [6, 6.07) is 0.174. The topological polar surface area (TPSA) is 40.6 Å². The molecule has 1 aliphatic rings. The van der Waals surface area contributed by atoms with Crippen LogP contribution in [0.15, 0.2) is 0 Å². The summed E-state index contributed by atoms with van der Waals surface area (Å²) in [5, 5.41) is 0. The van der Waals surface area contributed by atoms with Gasteiger partial charge in [0.15, 0.2) is 0 Å². The molecule has 0 unspecified atom stereocenters. The second kappa shape index (κ2) is 3.55. The Bertz CT molecular complexity index is 264. The molecular weight excluding hydrogens is 188 g/mol. The fourth-order valence-corrected chi connectivity index (χ4v) is 3.67. The summed E-state index contributed by atoms with van der Waals surface area (Å²) in [6.45, 7) is 5.54. The van der Waals surface area contributed by atoms with E-state index in [1.54, 1.807) is 4.31 Å². The van der Waals surface area contributed by atoms with Gasteiger partial charge in [0.05, 0.1) is 6.26 Å². The average Bonchev–Trinajstić information content (AvgIpc) is 1.78. The van der Waals surface area contributed by atoms with E-state index in [4.69, 9.17) is 0 Å². The molecule has 0 aromatic heterocycles. The highest BCUT2D eigenvalue weighted by Gasteiger charge is 2.33. The van der Waals surface area contributed by atoms with E-state index in [0.29, 0.717) is 0 Å². The van der Waals surface area contributed by atoms with Gasteiger partial charge in [0.25, 0.3) is 0 Å². The molecular formula is C8H18N2O2S. The zero-order valence-electron chi connectivity index (χ0n) is 8.69. The monoisotopic (exact) mass is 206 g/mol. The molecule has 0 radical (unpaired) electrons. The van der Waals surface area contributed by atoms with Crippen LogP contribution in [0.25, 0.3) is 0 Å². The van der Waals surface area contributed by atoms with Gasteiger partial charge in [0.1, 0.15) is 0 Å². The van der Waals surface area contributed by atoms with E-state index >= 15 is 0 Å². The van der Waals surface area contributed by atoms with Crippen molar-refractivity contribution in [2.24, 2.45) is 0 Å². The molecule has 1 fully saturated rings. The molecule has 0 saturated carbocycles. The fraction of sp³-hybridized carbons (Fsp3) is 1.00. The van der Waals surface area contributed by atoms with Crippen molar-refractivity contribution in [1.82, 2.24) is 9.21 Å². The van der Waals surface area contributed by atoms with Crippen LogP contribution in [0.2, 0.25) is 0 Å². The summed E-state index contributed by atoms with van der Waals surface area (Å²) in [4.78, 5) is 2.16. The number of rotatable bonds is 1. The van der Waals surface area contributed by atoms with Crippen LogP contribution in [0.3, 0.4) is 0 Å². The maximum atomic E-state index is 11.4. The molecule has 0 spiro atoms. The molecule has 0 aliphatic carbocycles. The Hall–Kier alpha value is -0.130. The van der Waals surface area contributed by atoms with E-state index in [1.165, 1.54) is 6.26 Å². The second-order valence-electron chi connectivity index (χ2n) is 4.01. The highest BCUT2D eigenvalue weighted by atomic mass is 32.2. The molecule has 1 saturated heterocycles. The van der Waals surface area contributed by atoms with E-state index in [9.17, 15) is 8.42 Å². The van der Waals surface area contributed by atoms with Crippen LogP contribution < -0.4 is 0 Å². The largest absolute Gasteiger partial charge is 0.303 e. The molecule has 2 atom stereocenters. The third-order valence-electron chi connectivity index (χ3n) is 2.40. The van der Waals surface area contributed by atoms with Crippen LogP contribution in [0.1, 0.15) is 13.8 Å². The lowest BCUT2D eigenvalue weighted by molar-refractivity contribution is 0.124. The predicted octanol–water partition coefficient (Wildman–Crippen LogP) is -0.0296. The second-order valence-corrected chi connectivity index (χ2v) is 5.90. The van der Waals surface area contributed by atoms with Crippen LogP contribution in [0, 0.1) is 0 Å². The van der Waals surface area contributed by atoms with Crippen LogP contribution in [-0.2, 0) is 10.0 Å². The molecule has 5 heteroatoms. The lowest BCUT2D eigenvalue weighted by Crippen LogP contribution is -2.57. The lowest BCUT2D eigenvalue weighted by Gasteiger charge is -2.41. The van der Waals surface area contributed by atoms with E-state index in [2.05, 4.69) is 4.90 Å². The smallest absolute Gasteiger partial charge is 0.211 e. The lowest BCUT2D eigenvalue weighted by atomic mass is 10.2. The molecule has 0 N–H and O–H groups in total. The number of hydrogen-bond acceptors (Lipinski definition) is 3. The third-order valence-corrected chi connectivity index (χ3v) is 3.89. The molecule has 4 nitrogen and oxygen atoms in total. The summed E-state index contributed by atoms with van der Waals surface area (Å²) >= 11 is 0. The molecule has 1 heterocycles. The molecule has 0 aromatic carbocycles. The number of sulfonamides is 1.